The number of morpholine rings is 1. The molecular weight excluding hydrogens is 369 g/mol. The number of halogens is 2. The highest BCUT2D eigenvalue weighted by Crippen LogP contribution is 2.24. The van der Waals surface area contributed by atoms with E-state index in [1.165, 1.54) is 10.4 Å². The third-order valence-corrected chi connectivity index (χ3v) is 5.51. The van der Waals surface area contributed by atoms with Crippen molar-refractivity contribution in [3.05, 3.63) is 21.9 Å². The molecule has 3 heterocycles. The highest BCUT2D eigenvalue weighted by atomic mass is 35.5. The summed E-state index contributed by atoms with van der Waals surface area (Å²) in [6, 6.07) is 2.76. The van der Waals surface area contributed by atoms with Crippen molar-refractivity contribution in [2.24, 2.45) is 0 Å². The van der Waals surface area contributed by atoms with E-state index in [0.717, 1.165) is 32.7 Å². The van der Waals surface area contributed by atoms with Gasteiger partial charge >= 0.3 is 0 Å². The zero-order valence-corrected chi connectivity index (χ0v) is 16.4. The number of carbonyl (C=O) groups excluding carboxylic acids is 1. The van der Waals surface area contributed by atoms with E-state index in [0.29, 0.717) is 25.6 Å². The van der Waals surface area contributed by atoms with Crippen molar-refractivity contribution in [1.29, 1.82) is 0 Å². The number of ether oxygens (including phenoxy) is 1. The van der Waals surface area contributed by atoms with Crippen molar-refractivity contribution in [2.45, 2.75) is 38.4 Å². The van der Waals surface area contributed by atoms with Crippen LogP contribution in [0.3, 0.4) is 0 Å². The number of hydrogen-bond donors (Lipinski definition) is 2. The second-order valence-corrected chi connectivity index (χ2v) is 7.17. The standard InChI is InChI=1S/C16H25N3O2S.2ClH/c1-12(19-5-2-15-13(10-19)3-7-22-15)9-18-16(20)8-14-11-21-6-4-17-14;;/h3,7,12,14,17H,2,4-6,8-11H2,1H3,(H,18,20);2*1H. The van der Waals surface area contributed by atoms with Crippen LogP contribution in [0.15, 0.2) is 11.4 Å². The molecular formula is C16H27Cl2N3O2S. The summed E-state index contributed by atoms with van der Waals surface area (Å²) in [6.07, 6.45) is 1.63. The van der Waals surface area contributed by atoms with Crippen molar-refractivity contribution in [3.8, 4) is 0 Å². The maximum atomic E-state index is 12.0. The summed E-state index contributed by atoms with van der Waals surface area (Å²) in [6.45, 7) is 7.22. The molecule has 2 atom stereocenters. The van der Waals surface area contributed by atoms with Gasteiger partial charge in [0.1, 0.15) is 0 Å². The summed E-state index contributed by atoms with van der Waals surface area (Å²) in [4.78, 5) is 16.0. The van der Waals surface area contributed by atoms with Crippen LogP contribution in [-0.4, -0.2) is 55.7 Å². The molecule has 1 amide bonds. The molecule has 2 aliphatic heterocycles. The van der Waals surface area contributed by atoms with E-state index in [1.54, 1.807) is 0 Å². The topological polar surface area (TPSA) is 53.6 Å². The number of amides is 1. The molecule has 1 fully saturated rings. The second-order valence-electron chi connectivity index (χ2n) is 6.17. The molecule has 0 aliphatic carbocycles. The van der Waals surface area contributed by atoms with E-state index in [4.69, 9.17) is 4.74 Å². The van der Waals surface area contributed by atoms with E-state index in [2.05, 4.69) is 33.9 Å². The van der Waals surface area contributed by atoms with Gasteiger partial charge in [0, 0.05) is 49.6 Å². The van der Waals surface area contributed by atoms with Gasteiger partial charge in [-0.15, -0.1) is 36.2 Å². The van der Waals surface area contributed by atoms with Crippen molar-refractivity contribution in [2.75, 3.05) is 32.8 Å². The first kappa shape index (κ1) is 21.7. The summed E-state index contributed by atoms with van der Waals surface area (Å²) >= 11 is 1.86. The first-order chi connectivity index (χ1) is 10.7. The number of fused-ring (bicyclic) bond motifs is 1. The molecule has 0 radical (unpaired) electrons. The molecule has 3 rings (SSSR count). The Morgan fingerprint density at radius 2 is 2.38 bits per heavy atom. The van der Waals surface area contributed by atoms with Gasteiger partial charge in [0.05, 0.1) is 13.2 Å². The third-order valence-electron chi connectivity index (χ3n) is 4.49. The van der Waals surface area contributed by atoms with Gasteiger partial charge in [-0.1, -0.05) is 0 Å². The maximum absolute atomic E-state index is 12.0. The molecule has 0 aromatic carbocycles. The minimum Gasteiger partial charge on any atom is -0.378 e. The van der Waals surface area contributed by atoms with Gasteiger partial charge in [-0.2, -0.15) is 0 Å². The molecule has 0 bridgehead atoms. The van der Waals surface area contributed by atoms with Crippen LogP contribution in [0.25, 0.3) is 0 Å². The Labute approximate surface area is 160 Å². The Morgan fingerprint density at radius 3 is 3.12 bits per heavy atom. The van der Waals surface area contributed by atoms with E-state index in [-0.39, 0.29) is 36.8 Å². The van der Waals surface area contributed by atoms with Crippen molar-refractivity contribution in [3.63, 3.8) is 0 Å². The molecule has 1 aromatic heterocycles. The molecule has 5 nitrogen and oxygen atoms in total. The van der Waals surface area contributed by atoms with Crippen LogP contribution < -0.4 is 10.6 Å². The number of rotatable bonds is 5. The lowest BCUT2D eigenvalue weighted by molar-refractivity contribution is -0.122. The first-order valence-electron chi connectivity index (χ1n) is 8.09. The van der Waals surface area contributed by atoms with Gasteiger partial charge in [-0.25, -0.2) is 0 Å². The molecule has 1 aromatic rings. The highest BCUT2D eigenvalue weighted by Gasteiger charge is 2.22. The third kappa shape index (κ3) is 5.86. The largest absolute Gasteiger partial charge is 0.378 e. The van der Waals surface area contributed by atoms with Gasteiger partial charge in [0.25, 0.3) is 0 Å². The van der Waals surface area contributed by atoms with Gasteiger partial charge < -0.3 is 15.4 Å². The van der Waals surface area contributed by atoms with Crippen molar-refractivity contribution >= 4 is 42.1 Å². The fourth-order valence-electron chi connectivity index (χ4n) is 3.08. The molecule has 24 heavy (non-hydrogen) atoms. The molecule has 0 spiro atoms. The Kier molecular flexibility index (Phi) is 9.56. The van der Waals surface area contributed by atoms with Crippen LogP contribution in [0.4, 0.5) is 0 Å². The molecule has 2 unspecified atom stereocenters. The number of nitrogens with one attached hydrogen (secondary N) is 2. The zero-order valence-electron chi connectivity index (χ0n) is 14.0. The van der Waals surface area contributed by atoms with E-state index in [1.807, 2.05) is 11.3 Å². The lowest BCUT2D eigenvalue weighted by Crippen LogP contribution is -2.47. The number of thiophene rings is 1. The van der Waals surface area contributed by atoms with Gasteiger partial charge in [-0.3, -0.25) is 9.69 Å². The summed E-state index contributed by atoms with van der Waals surface area (Å²) < 4.78 is 5.38. The first-order valence-corrected chi connectivity index (χ1v) is 8.97. The number of carbonyl (C=O) groups is 1. The highest BCUT2D eigenvalue weighted by molar-refractivity contribution is 7.10. The predicted molar refractivity (Wildman–Crippen MR) is 103 cm³/mol. The lowest BCUT2D eigenvalue weighted by Gasteiger charge is -2.32. The Balaban J connectivity index is 0.00000144. The molecule has 2 aliphatic rings. The fraction of sp³-hybridized carbons (Fsp3) is 0.688. The van der Waals surface area contributed by atoms with E-state index in [9.17, 15) is 4.79 Å². The van der Waals surface area contributed by atoms with Crippen LogP contribution >= 0.6 is 36.2 Å². The van der Waals surface area contributed by atoms with Gasteiger partial charge in [-0.05, 0) is 30.4 Å². The van der Waals surface area contributed by atoms with Crippen molar-refractivity contribution in [1.82, 2.24) is 15.5 Å². The SMILES string of the molecule is CC(CNC(=O)CC1COCCN1)N1CCc2sccc2C1.Cl.Cl. The number of hydrogen-bond acceptors (Lipinski definition) is 5. The minimum atomic E-state index is 0. The van der Waals surface area contributed by atoms with Crippen molar-refractivity contribution < 1.29 is 9.53 Å². The van der Waals surface area contributed by atoms with Crippen LogP contribution in [0.2, 0.25) is 0 Å². The monoisotopic (exact) mass is 395 g/mol. The Bertz CT molecular complexity index is 509. The molecule has 138 valence electrons. The van der Waals surface area contributed by atoms with Gasteiger partial charge in [0.2, 0.25) is 5.91 Å². The zero-order chi connectivity index (χ0) is 15.4. The predicted octanol–water partition coefficient (Wildman–Crippen LogP) is 1.83. The maximum Gasteiger partial charge on any atom is 0.221 e. The quantitative estimate of drug-likeness (QED) is 0.798. The normalized spacial score (nSPS) is 21.8. The van der Waals surface area contributed by atoms with Crippen LogP contribution in [0, 0.1) is 0 Å². The number of nitrogens with zero attached hydrogens (tertiary/aromatic N) is 1. The van der Waals surface area contributed by atoms with Crippen LogP contribution in [-0.2, 0) is 22.5 Å². The average molecular weight is 396 g/mol. The van der Waals surface area contributed by atoms with Crippen LogP contribution in [0.1, 0.15) is 23.8 Å². The lowest BCUT2D eigenvalue weighted by atomic mass is 10.1. The summed E-state index contributed by atoms with van der Waals surface area (Å²) in [7, 11) is 0. The van der Waals surface area contributed by atoms with Crippen LogP contribution in [0.5, 0.6) is 0 Å². The average Bonchev–Trinajstić information content (AvgIpc) is 3.01. The molecule has 0 saturated carbocycles. The molecule has 2 N–H and O–H groups in total. The minimum absolute atomic E-state index is 0. The Hall–Kier alpha value is -0.370. The second kappa shape index (κ2) is 10.6. The molecule has 1 saturated heterocycles. The Morgan fingerprint density at radius 1 is 1.54 bits per heavy atom. The molecule has 8 heteroatoms. The summed E-state index contributed by atoms with van der Waals surface area (Å²) in [5.74, 6) is 0.114. The van der Waals surface area contributed by atoms with Gasteiger partial charge in [0.15, 0.2) is 0 Å². The summed E-state index contributed by atoms with van der Waals surface area (Å²) in [5.41, 5.74) is 1.46. The van der Waals surface area contributed by atoms with E-state index >= 15 is 0 Å². The van der Waals surface area contributed by atoms with E-state index < -0.39 is 0 Å². The smallest absolute Gasteiger partial charge is 0.221 e. The fourth-order valence-corrected chi connectivity index (χ4v) is 3.97. The summed E-state index contributed by atoms with van der Waals surface area (Å²) in [5, 5.41) is 8.57.